The second-order valence-corrected chi connectivity index (χ2v) is 4.77. The molecule has 0 atom stereocenters. The summed E-state index contributed by atoms with van der Waals surface area (Å²) in [5.74, 6) is -0.00204. The van der Waals surface area contributed by atoms with Crippen LogP contribution in [-0.4, -0.2) is 26.4 Å². The van der Waals surface area contributed by atoms with Crippen molar-refractivity contribution in [3.05, 3.63) is 53.3 Å². The van der Waals surface area contributed by atoms with Crippen molar-refractivity contribution in [3.63, 3.8) is 0 Å². The molecule has 5 nitrogen and oxygen atoms in total. The zero-order chi connectivity index (χ0) is 16.8. The minimum Gasteiger partial charge on any atom is -0.493 e. The van der Waals surface area contributed by atoms with E-state index in [4.69, 9.17) is 9.47 Å². The number of benzene rings is 2. The van der Waals surface area contributed by atoms with Gasteiger partial charge in [-0.05, 0) is 23.8 Å². The number of hydrogen-bond donors (Lipinski definition) is 1. The van der Waals surface area contributed by atoms with E-state index in [1.54, 1.807) is 6.07 Å². The van der Waals surface area contributed by atoms with Crippen LogP contribution in [0.15, 0.2) is 36.4 Å². The maximum Gasteiger partial charge on any atom is 0.228 e. The average molecular weight is 317 g/mol. The van der Waals surface area contributed by atoms with Gasteiger partial charge in [0.25, 0.3) is 0 Å². The number of methoxy groups -OCH3 is 2. The third-order valence-corrected chi connectivity index (χ3v) is 3.21. The van der Waals surface area contributed by atoms with E-state index in [1.165, 1.54) is 44.6 Å². The predicted octanol–water partition coefficient (Wildman–Crippen LogP) is 2.84. The summed E-state index contributed by atoms with van der Waals surface area (Å²) in [5, 5.41) is 2.63. The molecule has 0 spiro atoms. The molecule has 1 N–H and O–H groups in total. The lowest BCUT2D eigenvalue weighted by Gasteiger charge is -2.13. The van der Waals surface area contributed by atoms with Crippen LogP contribution in [0.3, 0.4) is 0 Å². The number of carbonyl (C=O) groups is 2. The average Bonchev–Trinajstić information content (AvgIpc) is 2.54. The Balaban J connectivity index is 2.21. The quantitative estimate of drug-likeness (QED) is 0.832. The summed E-state index contributed by atoms with van der Waals surface area (Å²) in [6, 6.07) is 8.76. The third-order valence-electron chi connectivity index (χ3n) is 3.21. The Kier molecular flexibility index (Phi) is 5.30. The molecule has 0 radical (unpaired) electrons. The summed E-state index contributed by atoms with van der Waals surface area (Å²) in [6.07, 6.45) is 0.601. The van der Waals surface area contributed by atoms with Gasteiger partial charge in [-0.2, -0.15) is 0 Å². The van der Waals surface area contributed by atoms with Gasteiger partial charge in [-0.25, -0.2) is 4.39 Å². The molecule has 2 aromatic carbocycles. The number of amides is 1. The molecule has 6 heteroatoms. The highest BCUT2D eigenvalue weighted by atomic mass is 19.1. The van der Waals surface area contributed by atoms with E-state index in [0.29, 0.717) is 29.0 Å². The van der Waals surface area contributed by atoms with Crippen molar-refractivity contribution >= 4 is 17.9 Å². The van der Waals surface area contributed by atoms with Crippen molar-refractivity contribution in [2.75, 3.05) is 19.5 Å². The summed E-state index contributed by atoms with van der Waals surface area (Å²) in [5.41, 5.74) is 1.10. The van der Waals surface area contributed by atoms with Crippen LogP contribution in [0, 0.1) is 5.82 Å². The molecule has 0 aliphatic heterocycles. The number of anilines is 1. The molecule has 0 bridgehead atoms. The van der Waals surface area contributed by atoms with Crippen molar-refractivity contribution in [2.24, 2.45) is 0 Å². The van der Waals surface area contributed by atoms with Gasteiger partial charge in [-0.3, -0.25) is 9.59 Å². The number of hydrogen-bond acceptors (Lipinski definition) is 4. The Morgan fingerprint density at radius 1 is 1.17 bits per heavy atom. The second kappa shape index (κ2) is 7.40. The maximum absolute atomic E-state index is 13.1. The number of halogens is 1. The molecule has 1 amide bonds. The van der Waals surface area contributed by atoms with E-state index in [1.807, 2.05) is 0 Å². The van der Waals surface area contributed by atoms with Crippen molar-refractivity contribution in [1.82, 2.24) is 0 Å². The number of rotatable bonds is 6. The van der Waals surface area contributed by atoms with Crippen LogP contribution >= 0.6 is 0 Å². The summed E-state index contributed by atoms with van der Waals surface area (Å²) in [7, 11) is 2.91. The number of carbonyl (C=O) groups excluding carboxylic acids is 2. The van der Waals surface area contributed by atoms with E-state index < -0.39 is 5.82 Å². The zero-order valence-electron chi connectivity index (χ0n) is 12.8. The van der Waals surface area contributed by atoms with E-state index in [0.717, 1.165) is 0 Å². The molecule has 0 heterocycles. The molecule has 2 rings (SSSR count). The summed E-state index contributed by atoms with van der Waals surface area (Å²) < 4.78 is 23.4. The predicted molar refractivity (Wildman–Crippen MR) is 83.7 cm³/mol. The number of aldehydes is 1. The van der Waals surface area contributed by atoms with Crippen molar-refractivity contribution < 1.29 is 23.5 Å². The second-order valence-electron chi connectivity index (χ2n) is 4.77. The number of ether oxygens (including phenoxy) is 2. The summed E-state index contributed by atoms with van der Waals surface area (Å²) in [4.78, 5) is 23.3. The lowest BCUT2D eigenvalue weighted by molar-refractivity contribution is -0.115. The molecule has 0 saturated heterocycles. The van der Waals surface area contributed by atoms with Gasteiger partial charge < -0.3 is 14.8 Å². The van der Waals surface area contributed by atoms with Crippen LogP contribution in [0.25, 0.3) is 0 Å². The van der Waals surface area contributed by atoms with E-state index in [9.17, 15) is 14.0 Å². The lowest BCUT2D eigenvalue weighted by atomic mass is 10.1. The Morgan fingerprint density at radius 2 is 1.87 bits per heavy atom. The molecule has 120 valence electrons. The molecular weight excluding hydrogens is 301 g/mol. The van der Waals surface area contributed by atoms with Crippen LogP contribution in [0.2, 0.25) is 0 Å². The highest BCUT2D eigenvalue weighted by Gasteiger charge is 2.13. The molecule has 0 fully saturated rings. The molecular formula is C17H16FNO4. The van der Waals surface area contributed by atoms with E-state index >= 15 is 0 Å². The summed E-state index contributed by atoms with van der Waals surface area (Å²) in [6.45, 7) is 0. The van der Waals surface area contributed by atoms with Gasteiger partial charge in [0, 0.05) is 11.6 Å². The Morgan fingerprint density at radius 3 is 2.48 bits per heavy atom. The molecule has 0 saturated carbocycles. The van der Waals surface area contributed by atoms with Crippen LogP contribution in [0.4, 0.5) is 10.1 Å². The first-order chi connectivity index (χ1) is 11.1. The van der Waals surface area contributed by atoms with Gasteiger partial charge in [0.2, 0.25) is 5.91 Å². The van der Waals surface area contributed by atoms with Gasteiger partial charge in [0.15, 0.2) is 17.8 Å². The monoisotopic (exact) mass is 317 g/mol. The lowest BCUT2D eigenvalue weighted by Crippen LogP contribution is -2.16. The van der Waals surface area contributed by atoms with Gasteiger partial charge >= 0.3 is 0 Å². The standard InChI is InChI=1S/C17H16FNO4/c1-22-15-8-12(10-20)14(9-16(15)23-2)19-17(21)7-11-4-3-5-13(18)6-11/h3-6,8-10H,7H2,1-2H3,(H,19,21). The van der Waals surface area contributed by atoms with E-state index in [2.05, 4.69) is 5.32 Å². The highest BCUT2D eigenvalue weighted by molar-refractivity contribution is 5.98. The van der Waals surface area contributed by atoms with Gasteiger partial charge in [-0.15, -0.1) is 0 Å². The molecule has 0 unspecified atom stereocenters. The van der Waals surface area contributed by atoms with Gasteiger partial charge in [0.05, 0.1) is 26.3 Å². The van der Waals surface area contributed by atoms with E-state index in [-0.39, 0.29) is 17.9 Å². The Labute approximate surface area is 133 Å². The zero-order valence-corrected chi connectivity index (χ0v) is 12.8. The minimum atomic E-state index is -0.407. The van der Waals surface area contributed by atoms with Gasteiger partial charge in [0.1, 0.15) is 5.82 Å². The first kappa shape index (κ1) is 16.5. The van der Waals surface area contributed by atoms with Crippen molar-refractivity contribution in [3.8, 4) is 11.5 Å². The van der Waals surface area contributed by atoms with Crippen LogP contribution in [0.5, 0.6) is 11.5 Å². The molecule has 0 aromatic heterocycles. The van der Waals surface area contributed by atoms with Crippen molar-refractivity contribution in [1.29, 1.82) is 0 Å². The molecule has 23 heavy (non-hydrogen) atoms. The largest absolute Gasteiger partial charge is 0.493 e. The fourth-order valence-corrected chi connectivity index (χ4v) is 2.13. The first-order valence-corrected chi connectivity index (χ1v) is 6.83. The molecule has 0 aliphatic rings. The topological polar surface area (TPSA) is 64.6 Å². The fourth-order valence-electron chi connectivity index (χ4n) is 2.13. The molecule has 2 aromatic rings. The normalized spacial score (nSPS) is 10.0. The number of nitrogens with one attached hydrogen (secondary N) is 1. The van der Waals surface area contributed by atoms with Crippen LogP contribution < -0.4 is 14.8 Å². The maximum atomic E-state index is 13.1. The Bertz CT molecular complexity index is 731. The van der Waals surface area contributed by atoms with Crippen molar-refractivity contribution in [2.45, 2.75) is 6.42 Å². The van der Waals surface area contributed by atoms with Crippen LogP contribution in [-0.2, 0) is 11.2 Å². The van der Waals surface area contributed by atoms with Gasteiger partial charge in [-0.1, -0.05) is 12.1 Å². The Hall–Kier alpha value is -2.89. The molecule has 0 aliphatic carbocycles. The SMILES string of the molecule is COc1cc(C=O)c(NC(=O)Cc2cccc(F)c2)cc1OC. The minimum absolute atomic E-state index is 0.00952. The summed E-state index contributed by atoms with van der Waals surface area (Å²) >= 11 is 0. The highest BCUT2D eigenvalue weighted by Crippen LogP contribution is 2.32. The fraction of sp³-hybridized carbons (Fsp3) is 0.176. The third kappa shape index (κ3) is 4.06. The smallest absolute Gasteiger partial charge is 0.228 e. The first-order valence-electron chi connectivity index (χ1n) is 6.83. The van der Waals surface area contributed by atoms with Crippen LogP contribution in [0.1, 0.15) is 15.9 Å².